The highest BCUT2D eigenvalue weighted by molar-refractivity contribution is 7.91. The number of anilines is 2. The van der Waals surface area contributed by atoms with Gasteiger partial charge in [-0.15, -0.1) is 0 Å². The number of piperazine rings is 1. The summed E-state index contributed by atoms with van der Waals surface area (Å²) in [7, 11) is -0.229. The van der Waals surface area contributed by atoms with Crippen LogP contribution in [-0.4, -0.2) is 66.7 Å². The van der Waals surface area contributed by atoms with E-state index in [4.69, 9.17) is 4.74 Å². The van der Waals surface area contributed by atoms with Crippen LogP contribution in [0.25, 0.3) is 0 Å². The number of methoxy groups -OCH3 is 1. The molecule has 1 fully saturated rings. The van der Waals surface area contributed by atoms with Gasteiger partial charge in [-0.25, -0.2) is 8.42 Å². The van der Waals surface area contributed by atoms with Crippen LogP contribution in [0, 0.1) is 0 Å². The summed E-state index contributed by atoms with van der Waals surface area (Å²) < 4.78 is 71.4. The molecule has 1 saturated heterocycles. The quantitative estimate of drug-likeness (QED) is 0.443. The molecule has 0 atom stereocenters. The molecule has 5 rings (SSSR count). The molecule has 0 N–H and O–H groups in total. The highest BCUT2D eigenvalue weighted by Gasteiger charge is 2.30. The number of nitrogens with zero attached hydrogens (tertiary/aromatic N) is 3. The lowest BCUT2D eigenvalue weighted by atomic mass is 10.0. The number of likely N-dealkylation sites (N-methyl/N-ethyl adjacent to an activating group) is 1. The molecular formula is C29H32F3N3O3S. The molecule has 0 aromatic heterocycles. The molecule has 10 heteroatoms. The van der Waals surface area contributed by atoms with Crippen molar-refractivity contribution in [3.8, 4) is 5.75 Å². The second kappa shape index (κ2) is 10.7. The molecule has 0 saturated carbocycles. The molecule has 39 heavy (non-hydrogen) atoms. The number of hydrogen-bond acceptors (Lipinski definition) is 6. The number of rotatable bonds is 5. The maximum atomic E-state index is 13.6. The topological polar surface area (TPSA) is 53.1 Å². The van der Waals surface area contributed by atoms with E-state index < -0.39 is 21.6 Å². The molecule has 2 aliphatic heterocycles. The third kappa shape index (κ3) is 5.72. The Morgan fingerprint density at radius 3 is 1.72 bits per heavy atom. The first kappa shape index (κ1) is 27.3. The van der Waals surface area contributed by atoms with Gasteiger partial charge in [0.25, 0.3) is 0 Å². The molecular weight excluding hydrogens is 527 g/mol. The van der Waals surface area contributed by atoms with Gasteiger partial charge in [0.15, 0.2) is 0 Å². The van der Waals surface area contributed by atoms with Gasteiger partial charge in [-0.1, -0.05) is 0 Å². The van der Waals surface area contributed by atoms with Gasteiger partial charge < -0.3 is 19.4 Å². The van der Waals surface area contributed by atoms with E-state index >= 15 is 0 Å². The van der Waals surface area contributed by atoms with Crippen LogP contribution in [0.15, 0.2) is 70.5 Å². The molecule has 2 aliphatic rings. The number of fused-ring (bicyclic) bond motifs is 1. The zero-order valence-electron chi connectivity index (χ0n) is 22.0. The molecule has 0 unspecified atom stereocenters. The Kier molecular flexibility index (Phi) is 7.52. The molecule has 2 heterocycles. The molecule has 0 amide bonds. The Bertz CT molecular complexity index is 1420. The number of benzene rings is 3. The number of sulfone groups is 1. The Hall–Kier alpha value is -3.24. The molecule has 208 valence electrons. The normalized spacial score (nSPS) is 17.1. The Morgan fingerprint density at radius 2 is 1.23 bits per heavy atom. The Morgan fingerprint density at radius 1 is 0.744 bits per heavy atom. The summed E-state index contributed by atoms with van der Waals surface area (Å²) in [5, 5.41) is 0. The van der Waals surface area contributed by atoms with Crippen molar-refractivity contribution >= 4 is 21.2 Å². The van der Waals surface area contributed by atoms with E-state index in [1.54, 1.807) is 18.2 Å². The van der Waals surface area contributed by atoms with Gasteiger partial charge in [0.2, 0.25) is 9.84 Å². The second-order valence-electron chi connectivity index (χ2n) is 10.1. The first-order chi connectivity index (χ1) is 18.6. The van der Waals surface area contributed by atoms with Crippen molar-refractivity contribution in [3.05, 3.63) is 77.4 Å². The molecule has 3 aromatic rings. The summed E-state index contributed by atoms with van der Waals surface area (Å²) >= 11 is 0. The van der Waals surface area contributed by atoms with Gasteiger partial charge in [-0.05, 0) is 91.7 Å². The highest BCUT2D eigenvalue weighted by Crippen LogP contribution is 2.35. The van der Waals surface area contributed by atoms with E-state index in [0.717, 1.165) is 60.6 Å². The largest absolute Gasteiger partial charge is 0.495 e. The monoisotopic (exact) mass is 559 g/mol. The van der Waals surface area contributed by atoms with Crippen molar-refractivity contribution in [1.29, 1.82) is 0 Å². The average molecular weight is 560 g/mol. The Balaban J connectivity index is 1.29. The maximum Gasteiger partial charge on any atom is 0.416 e. The minimum Gasteiger partial charge on any atom is -0.495 e. The van der Waals surface area contributed by atoms with Crippen LogP contribution < -0.4 is 14.5 Å². The summed E-state index contributed by atoms with van der Waals surface area (Å²) in [6.45, 7) is 4.42. The minimum absolute atomic E-state index is 0.186. The minimum atomic E-state index is -4.35. The van der Waals surface area contributed by atoms with Gasteiger partial charge in [-0.2, -0.15) is 13.2 Å². The zero-order chi connectivity index (χ0) is 27.8. The fourth-order valence-electron chi connectivity index (χ4n) is 5.26. The summed E-state index contributed by atoms with van der Waals surface area (Å²) in [4.78, 5) is 6.83. The summed E-state index contributed by atoms with van der Waals surface area (Å²) in [6.07, 6.45) is -2.71. The zero-order valence-corrected chi connectivity index (χ0v) is 22.9. The lowest BCUT2D eigenvalue weighted by molar-refractivity contribution is -0.137. The van der Waals surface area contributed by atoms with E-state index in [0.29, 0.717) is 31.9 Å². The van der Waals surface area contributed by atoms with Gasteiger partial charge in [0, 0.05) is 50.6 Å². The van der Waals surface area contributed by atoms with E-state index in [-0.39, 0.29) is 9.79 Å². The van der Waals surface area contributed by atoms with Crippen molar-refractivity contribution in [2.24, 2.45) is 0 Å². The van der Waals surface area contributed by atoms with Crippen molar-refractivity contribution in [1.82, 2.24) is 4.90 Å². The van der Waals surface area contributed by atoms with E-state index in [1.165, 1.54) is 19.2 Å². The van der Waals surface area contributed by atoms with E-state index in [9.17, 15) is 21.6 Å². The molecule has 0 spiro atoms. The number of halogens is 3. The fraction of sp³-hybridized carbons (Fsp3) is 0.379. The Labute approximate surface area is 227 Å². The molecule has 0 bridgehead atoms. The molecule has 0 aliphatic carbocycles. The van der Waals surface area contributed by atoms with Crippen molar-refractivity contribution < 1.29 is 26.3 Å². The van der Waals surface area contributed by atoms with Crippen LogP contribution in [0.2, 0.25) is 0 Å². The predicted octanol–water partition coefficient (Wildman–Crippen LogP) is 4.90. The van der Waals surface area contributed by atoms with Crippen LogP contribution in [-0.2, 0) is 28.9 Å². The summed E-state index contributed by atoms with van der Waals surface area (Å²) in [6, 6.07) is 15.8. The van der Waals surface area contributed by atoms with E-state index in [1.807, 2.05) is 18.2 Å². The van der Waals surface area contributed by atoms with Crippen LogP contribution in [0.5, 0.6) is 5.75 Å². The molecule has 6 nitrogen and oxygen atoms in total. The van der Waals surface area contributed by atoms with Crippen LogP contribution in [0.1, 0.15) is 16.7 Å². The second-order valence-corrected chi connectivity index (χ2v) is 12.0. The number of alkyl halides is 3. The lowest BCUT2D eigenvalue weighted by Crippen LogP contribution is -2.46. The van der Waals surface area contributed by atoms with Crippen molar-refractivity contribution in [2.75, 3.05) is 63.2 Å². The lowest BCUT2D eigenvalue weighted by Gasteiger charge is -2.37. The standard InChI is InChI=1S/C29H32F3N3O3S/c1-33-13-11-21-19-27(38-2)28(20-22(21)12-14-33)39(36,37)26-9-7-25(8-10-26)35-17-15-34(16-18-35)24-5-3-23(4-6-24)29(30,31)32/h3-10,19-20H,11-18H2,1-2H3. The maximum absolute atomic E-state index is 13.6. The first-order valence-electron chi connectivity index (χ1n) is 13.0. The molecule has 3 aromatic carbocycles. The predicted molar refractivity (Wildman–Crippen MR) is 146 cm³/mol. The summed E-state index contributed by atoms with van der Waals surface area (Å²) in [5.74, 6) is 0.363. The van der Waals surface area contributed by atoms with Crippen LogP contribution in [0.3, 0.4) is 0 Å². The number of ether oxygens (including phenoxy) is 1. The first-order valence-corrected chi connectivity index (χ1v) is 14.5. The van der Waals surface area contributed by atoms with Crippen molar-refractivity contribution in [2.45, 2.75) is 28.8 Å². The van der Waals surface area contributed by atoms with Crippen LogP contribution >= 0.6 is 0 Å². The van der Waals surface area contributed by atoms with Gasteiger partial charge in [-0.3, -0.25) is 0 Å². The third-order valence-corrected chi connectivity index (χ3v) is 9.44. The van der Waals surface area contributed by atoms with Gasteiger partial charge in [0.05, 0.1) is 17.6 Å². The third-order valence-electron chi connectivity index (χ3n) is 7.65. The molecule has 0 radical (unpaired) electrons. The fourth-order valence-corrected chi connectivity index (χ4v) is 6.71. The SMILES string of the molecule is COc1cc2c(cc1S(=O)(=O)c1ccc(N3CCN(c4ccc(C(F)(F)F)cc4)CC3)cc1)CCN(C)CC2. The van der Waals surface area contributed by atoms with Crippen molar-refractivity contribution in [3.63, 3.8) is 0 Å². The van der Waals surface area contributed by atoms with Gasteiger partial charge >= 0.3 is 6.18 Å². The van der Waals surface area contributed by atoms with Crippen LogP contribution in [0.4, 0.5) is 24.5 Å². The smallest absolute Gasteiger partial charge is 0.416 e. The highest BCUT2D eigenvalue weighted by atomic mass is 32.2. The van der Waals surface area contributed by atoms with E-state index in [2.05, 4.69) is 21.7 Å². The summed E-state index contributed by atoms with van der Waals surface area (Å²) in [5.41, 5.74) is 3.17. The number of hydrogen-bond donors (Lipinski definition) is 0. The average Bonchev–Trinajstić information content (AvgIpc) is 3.13. The van der Waals surface area contributed by atoms with Gasteiger partial charge in [0.1, 0.15) is 10.6 Å².